The minimum absolute atomic E-state index is 0.0444. The molecule has 1 aliphatic heterocycles. The van der Waals surface area contributed by atoms with E-state index >= 15 is 0 Å². The number of carbonyl (C=O) groups is 1. The van der Waals surface area contributed by atoms with Crippen molar-refractivity contribution in [3.05, 3.63) is 64.2 Å². The van der Waals surface area contributed by atoms with Crippen LogP contribution in [0, 0.1) is 0 Å². The molecule has 0 radical (unpaired) electrons. The molecule has 0 saturated carbocycles. The van der Waals surface area contributed by atoms with Crippen molar-refractivity contribution in [1.29, 1.82) is 0 Å². The fourth-order valence-corrected chi connectivity index (χ4v) is 4.79. The molecule has 0 atom stereocenters. The molecule has 0 bridgehead atoms. The summed E-state index contributed by atoms with van der Waals surface area (Å²) in [6.07, 6.45) is 2.45. The van der Waals surface area contributed by atoms with Crippen LogP contribution in [0.3, 0.4) is 0 Å². The van der Waals surface area contributed by atoms with Crippen LogP contribution in [0.1, 0.15) is 34.3 Å². The van der Waals surface area contributed by atoms with Gasteiger partial charge in [-0.3, -0.25) is 4.90 Å². The summed E-state index contributed by atoms with van der Waals surface area (Å²) in [7, 11) is -2.65. The third kappa shape index (κ3) is 5.11. The van der Waals surface area contributed by atoms with Crippen LogP contribution in [-0.2, 0) is 27.8 Å². The molecule has 1 saturated heterocycles. The van der Waals surface area contributed by atoms with Gasteiger partial charge in [-0.1, -0.05) is 35.9 Å². The van der Waals surface area contributed by atoms with Crippen LogP contribution >= 0.6 is 11.6 Å². The van der Waals surface area contributed by atoms with Crippen molar-refractivity contribution >= 4 is 27.6 Å². The lowest BCUT2D eigenvalue weighted by Crippen LogP contribution is -2.24. The molecule has 150 valence electrons. The number of hydrogen-bond acceptors (Lipinski definition) is 5. The van der Waals surface area contributed by atoms with Gasteiger partial charge in [0.05, 0.1) is 17.7 Å². The topological polar surface area (TPSA) is 75.7 Å². The first-order valence-electron chi connectivity index (χ1n) is 9.07. The van der Waals surface area contributed by atoms with Gasteiger partial charge in [0.15, 0.2) is 0 Å². The third-order valence-electron chi connectivity index (χ3n) is 4.70. The molecule has 1 N–H and O–H groups in total. The zero-order chi connectivity index (χ0) is 20.1. The lowest BCUT2D eigenvalue weighted by molar-refractivity contribution is 0.0600. The van der Waals surface area contributed by atoms with E-state index in [0.29, 0.717) is 0 Å². The second-order valence-electron chi connectivity index (χ2n) is 6.76. The second-order valence-corrected chi connectivity index (χ2v) is 8.91. The van der Waals surface area contributed by atoms with Gasteiger partial charge >= 0.3 is 5.97 Å². The van der Waals surface area contributed by atoms with E-state index in [1.54, 1.807) is 0 Å². The van der Waals surface area contributed by atoms with Crippen molar-refractivity contribution in [2.45, 2.75) is 30.8 Å². The molecule has 2 aromatic rings. The minimum atomic E-state index is -3.89. The van der Waals surface area contributed by atoms with Crippen molar-refractivity contribution in [2.24, 2.45) is 0 Å². The summed E-state index contributed by atoms with van der Waals surface area (Å²) < 4.78 is 32.6. The zero-order valence-corrected chi connectivity index (χ0v) is 17.2. The molecule has 0 aromatic heterocycles. The molecule has 0 spiro atoms. The molecule has 1 heterocycles. The van der Waals surface area contributed by atoms with Crippen LogP contribution in [0.15, 0.2) is 47.4 Å². The molecule has 0 unspecified atom stereocenters. The quantitative estimate of drug-likeness (QED) is 0.693. The Labute approximate surface area is 170 Å². The van der Waals surface area contributed by atoms with Crippen LogP contribution < -0.4 is 4.72 Å². The number of nitrogens with zero attached hydrogens (tertiary/aromatic N) is 1. The van der Waals surface area contributed by atoms with E-state index in [2.05, 4.69) is 14.4 Å². The van der Waals surface area contributed by atoms with E-state index < -0.39 is 16.0 Å². The van der Waals surface area contributed by atoms with Gasteiger partial charge in [-0.05, 0) is 55.3 Å². The van der Waals surface area contributed by atoms with Gasteiger partial charge < -0.3 is 4.74 Å². The molecular weight excluding hydrogens is 400 g/mol. The van der Waals surface area contributed by atoms with Crippen molar-refractivity contribution in [2.75, 3.05) is 20.2 Å². The molecule has 1 fully saturated rings. The van der Waals surface area contributed by atoms with Crippen LogP contribution in [0.4, 0.5) is 0 Å². The molecule has 1 aliphatic rings. The Morgan fingerprint density at radius 3 is 2.57 bits per heavy atom. The van der Waals surface area contributed by atoms with E-state index in [9.17, 15) is 13.2 Å². The Bertz CT molecular complexity index is 956. The van der Waals surface area contributed by atoms with Crippen molar-refractivity contribution in [3.63, 3.8) is 0 Å². The minimum Gasteiger partial charge on any atom is -0.465 e. The van der Waals surface area contributed by atoms with E-state index in [-0.39, 0.29) is 22.0 Å². The second kappa shape index (κ2) is 9.05. The van der Waals surface area contributed by atoms with Gasteiger partial charge in [-0.25, -0.2) is 17.9 Å². The van der Waals surface area contributed by atoms with Gasteiger partial charge in [0.2, 0.25) is 10.0 Å². The molecule has 0 aliphatic carbocycles. The molecule has 0 amide bonds. The fraction of sp³-hybridized carbons (Fsp3) is 0.350. The predicted molar refractivity (Wildman–Crippen MR) is 108 cm³/mol. The smallest absolute Gasteiger partial charge is 0.337 e. The van der Waals surface area contributed by atoms with Crippen molar-refractivity contribution in [3.8, 4) is 0 Å². The van der Waals surface area contributed by atoms with Crippen LogP contribution in [-0.4, -0.2) is 39.5 Å². The van der Waals surface area contributed by atoms with Crippen molar-refractivity contribution < 1.29 is 17.9 Å². The number of nitrogens with one attached hydrogen (secondary N) is 1. The number of esters is 1. The monoisotopic (exact) mass is 422 g/mol. The fourth-order valence-electron chi connectivity index (χ4n) is 3.25. The highest BCUT2D eigenvalue weighted by Crippen LogP contribution is 2.23. The lowest BCUT2D eigenvalue weighted by atomic mass is 10.1. The third-order valence-corrected chi connectivity index (χ3v) is 6.59. The van der Waals surface area contributed by atoms with E-state index in [1.165, 1.54) is 38.2 Å². The maximum Gasteiger partial charge on any atom is 0.337 e. The normalized spacial score (nSPS) is 14.9. The average molecular weight is 423 g/mol. The summed E-state index contributed by atoms with van der Waals surface area (Å²) in [5.74, 6) is -0.622. The molecule has 6 nitrogen and oxygen atoms in total. The predicted octanol–water partition coefficient (Wildman–Crippen LogP) is 3.20. The summed E-state index contributed by atoms with van der Waals surface area (Å²) in [4.78, 5) is 13.9. The lowest BCUT2D eigenvalue weighted by Gasteiger charge is -2.15. The van der Waals surface area contributed by atoms with E-state index in [0.717, 1.165) is 30.8 Å². The summed E-state index contributed by atoms with van der Waals surface area (Å²) in [5, 5.41) is 0.0444. The maximum absolute atomic E-state index is 12.7. The van der Waals surface area contributed by atoms with Gasteiger partial charge in [0, 0.05) is 13.1 Å². The summed E-state index contributed by atoms with van der Waals surface area (Å²) in [6.45, 7) is 3.21. The Morgan fingerprint density at radius 2 is 1.86 bits per heavy atom. The zero-order valence-electron chi connectivity index (χ0n) is 15.7. The standard InChI is InChI=1S/C20H23ClN2O4S/c1-27-20(24)17-7-8-18(21)19(12-17)28(25,26)22-13-15-5-4-6-16(11-15)14-23-9-2-3-10-23/h4-8,11-12,22H,2-3,9-10,13-14H2,1H3. The number of likely N-dealkylation sites (tertiary alicyclic amines) is 1. The Kier molecular flexibility index (Phi) is 6.72. The first-order chi connectivity index (χ1) is 13.4. The van der Waals surface area contributed by atoms with Crippen LogP contribution in [0.5, 0.6) is 0 Å². The number of benzene rings is 2. The number of halogens is 1. The van der Waals surface area contributed by atoms with Gasteiger partial charge in [-0.15, -0.1) is 0 Å². The number of carbonyl (C=O) groups excluding carboxylic acids is 1. The average Bonchev–Trinajstić information content (AvgIpc) is 3.19. The maximum atomic E-state index is 12.7. The Hall–Kier alpha value is -1.93. The number of hydrogen-bond donors (Lipinski definition) is 1. The number of sulfonamides is 1. The van der Waals surface area contributed by atoms with E-state index in [1.807, 2.05) is 24.3 Å². The van der Waals surface area contributed by atoms with Gasteiger partial charge in [-0.2, -0.15) is 0 Å². The highest BCUT2D eigenvalue weighted by molar-refractivity contribution is 7.89. The Morgan fingerprint density at radius 1 is 1.14 bits per heavy atom. The first-order valence-corrected chi connectivity index (χ1v) is 10.9. The van der Waals surface area contributed by atoms with E-state index in [4.69, 9.17) is 11.6 Å². The molecule has 2 aromatic carbocycles. The molecule has 8 heteroatoms. The molecule has 3 rings (SSSR count). The highest BCUT2D eigenvalue weighted by atomic mass is 35.5. The number of ether oxygens (including phenoxy) is 1. The van der Waals surface area contributed by atoms with Crippen LogP contribution in [0.2, 0.25) is 5.02 Å². The number of methoxy groups -OCH3 is 1. The van der Waals surface area contributed by atoms with Crippen LogP contribution in [0.25, 0.3) is 0 Å². The number of rotatable bonds is 7. The summed E-state index contributed by atoms with van der Waals surface area (Å²) in [6, 6.07) is 11.9. The first kappa shape index (κ1) is 20.8. The summed E-state index contributed by atoms with van der Waals surface area (Å²) >= 11 is 6.05. The molecular formula is C20H23ClN2O4S. The SMILES string of the molecule is COC(=O)c1ccc(Cl)c(S(=O)(=O)NCc2cccc(CN3CCCC3)c2)c1. The highest BCUT2D eigenvalue weighted by Gasteiger charge is 2.20. The van der Waals surface area contributed by atoms with Crippen molar-refractivity contribution in [1.82, 2.24) is 9.62 Å². The van der Waals surface area contributed by atoms with Gasteiger partial charge in [0.1, 0.15) is 4.90 Å². The Balaban J connectivity index is 1.72. The largest absolute Gasteiger partial charge is 0.465 e. The van der Waals surface area contributed by atoms with Gasteiger partial charge in [0.25, 0.3) is 0 Å². The molecule has 28 heavy (non-hydrogen) atoms. The summed E-state index contributed by atoms with van der Waals surface area (Å²) in [5.41, 5.74) is 2.14.